The number of hydrogen-bond donors (Lipinski definition) is 3. The van der Waals surface area contributed by atoms with Crippen molar-refractivity contribution in [1.82, 2.24) is 5.32 Å². The number of aliphatic hydroxyl groups excluding tert-OH is 1. The lowest BCUT2D eigenvalue weighted by Gasteiger charge is -2.21. The zero-order chi connectivity index (χ0) is 15.6. The van der Waals surface area contributed by atoms with Gasteiger partial charge in [0.25, 0.3) is 5.91 Å². The molecule has 4 nitrogen and oxygen atoms in total. The minimum atomic E-state index is -0.173. The van der Waals surface area contributed by atoms with E-state index in [1.165, 1.54) is 11.3 Å². The molecule has 0 spiro atoms. The topological polar surface area (TPSA) is 75.3 Å². The highest BCUT2D eigenvalue weighted by Gasteiger charge is 2.21. The molecule has 0 saturated heterocycles. The molecule has 0 bridgehead atoms. The van der Waals surface area contributed by atoms with E-state index < -0.39 is 0 Å². The van der Waals surface area contributed by atoms with E-state index in [9.17, 15) is 4.79 Å². The van der Waals surface area contributed by atoms with E-state index in [4.69, 9.17) is 10.8 Å². The third-order valence-corrected chi connectivity index (χ3v) is 5.30. The van der Waals surface area contributed by atoms with E-state index >= 15 is 0 Å². The summed E-state index contributed by atoms with van der Waals surface area (Å²) in [5.74, 6) is 0.0798. The number of thiophene rings is 1. The van der Waals surface area contributed by atoms with Crippen molar-refractivity contribution in [3.63, 3.8) is 0 Å². The van der Waals surface area contributed by atoms with Gasteiger partial charge >= 0.3 is 0 Å². The number of rotatable bonds is 5. The van der Waals surface area contributed by atoms with Crippen LogP contribution in [0.4, 0.5) is 5.69 Å². The van der Waals surface area contributed by atoms with Crippen LogP contribution in [0.2, 0.25) is 0 Å². The molecule has 0 radical (unpaired) electrons. The maximum Gasteiger partial charge on any atom is 0.263 e. The minimum absolute atomic E-state index is 0.0522. The van der Waals surface area contributed by atoms with Crippen molar-refractivity contribution in [3.8, 4) is 0 Å². The molecule has 1 unspecified atom stereocenters. The molecule has 4 N–H and O–H groups in total. The molecule has 0 fully saturated rings. The molecule has 1 aromatic carbocycles. The van der Waals surface area contributed by atoms with Gasteiger partial charge in [0, 0.05) is 27.2 Å². The molecule has 0 aliphatic rings. The number of anilines is 1. The van der Waals surface area contributed by atoms with E-state index in [1.807, 2.05) is 32.0 Å². The van der Waals surface area contributed by atoms with Gasteiger partial charge in [-0.05, 0) is 24.5 Å². The highest BCUT2D eigenvalue weighted by Crippen LogP contribution is 2.38. The van der Waals surface area contributed by atoms with Gasteiger partial charge in [0.1, 0.15) is 4.88 Å². The number of carbonyl (C=O) groups excluding carboxylic acids is 1. The fraction of sp³-hybridized carbons (Fsp3) is 0.400. The van der Waals surface area contributed by atoms with Gasteiger partial charge in [-0.3, -0.25) is 4.79 Å². The maximum absolute atomic E-state index is 12.5. The summed E-state index contributed by atoms with van der Waals surface area (Å²) >= 11 is 4.86. The number of halogens is 1. The number of amides is 1. The van der Waals surface area contributed by atoms with Gasteiger partial charge in [0.15, 0.2) is 0 Å². The number of nitrogens with one attached hydrogen (secondary N) is 1. The number of hydrogen-bond acceptors (Lipinski definition) is 4. The third kappa shape index (κ3) is 3.39. The van der Waals surface area contributed by atoms with Gasteiger partial charge in [-0.25, -0.2) is 0 Å². The Morgan fingerprint density at radius 1 is 1.48 bits per heavy atom. The van der Waals surface area contributed by atoms with Gasteiger partial charge < -0.3 is 16.2 Å². The minimum Gasteiger partial charge on any atom is -0.397 e. The number of carbonyl (C=O) groups is 1. The van der Waals surface area contributed by atoms with Crippen LogP contribution in [0.5, 0.6) is 0 Å². The van der Waals surface area contributed by atoms with E-state index in [0.717, 1.165) is 14.6 Å². The molecule has 1 aromatic heterocycles. The molecule has 114 valence electrons. The molecular formula is C15H19BrN2O2S. The predicted octanol–water partition coefficient (Wildman–Crippen LogP) is 3.38. The second kappa shape index (κ2) is 6.77. The molecule has 6 heteroatoms. The lowest BCUT2D eigenvalue weighted by molar-refractivity contribution is 0.0921. The molecule has 1 atom stereocenters. The first-order chi connectivity index (χ1) is 9.95. The summed E-state index contributed by atoms with van der Waals surface area (Å²) < 4.78 is 1.87. The van der Waals surface area contributed by atoms with Crippen LogP contribution in [0.1, 0.15) is 29.9 Å². The Morgan fingerprint density at radius 3 is 2.76 bits per heavy atom. The summed E-state index contributed by atoms with van der Waals surface area (Å²) in [5.41, 5.74) is 6.64. The summed E-state index contributed by atoms with van der Waals surface area (Å²) in [6, 6.07) is 5.73. The molecule has 1 heterocycles. The van der Waals surface area contributed by atoms with Crippen LogP contribution in [0, 0.1) is 5.92 Å². The predicted molar refractivity (Wildman–Crippen MR) is 91.7 cm³/mol. The average molecular weight is 371 g/mol. The molecule has 21 heavy (non-hydrogen) atoms. The Kier molecular flexibility index (Phi) is 5.24. The monoisotopic (exact) mass is 370 g/mol. The van der Waals surface area contributed by atoms with E-state index in [-0.39, 0.29) is 24.5 Å². The van der Waals surface area contributed by atoms with E-state index in [0.29, 0.717) is 17.0 Å². The number of benzene rings is 1. The Labute approximate surface area is 136 Å². The van der Waals surface area contributed by atoms with Crippen LogP contribution in [0.15, 0.2) is 22.7 Å². The Balaban J connectivity index is 2.31. The van der Waals surface area contributed by atoms with E-state index in [1.54, 1.807) is 0 Å². The van der Waals surface area contributed by atoms with Gasteiger partial charge in [-0.1, -0.05) is 35.8 Å². The lowest BCUT2D eigenvalue weighted by Crippen LogP contribution is -2.39. The van der Waals surface area contributed by atoms with Gasteiger partial charge in [-0.2, -0.15) is 0 Å². The van der Waals surface area contributed by atoms with Crippen molar-refractivity contribution >= 4 is 48.9 Å². The number of fused-ring (bicyclic) bond motifs is 1. The maximum atomic E-state index is 12.5. The SMILES string of the molecule is CC(C)C(CCO)NC(=O)c1sc2cccc(Br)c2c1N. The van der Waals surface area contributed by atoms with Crippen LogP contribution < -0.4 is 11.1 Å². The van der Waals surface area contributed by atoms with Crippen molar-refractivity contribution in [1.29, 1.82) is 0 Å². The standard InChI is InChI=1S/C15H19BrN2O2S/c1-8(2)10(6-7-19)18-15(20)14-13(17)12-9(16)4-3-5-11(12)21-14/h3-5,8,10,19H,6-7,17H2,1-2H3,(H,18,20). The zero-order valence-corrected chi connectivity index (χ0v) is 14.4. The zero-order valence-electron chi connectivity index (χ0n) is 12.0. The number of nitrogen functional groups attached to an aromatic ring is 1. The average Bonchev–Trinajstić information content (AvgIpc) is 2.77. The van der Waals surface area contributed by atoms with Gasteiger partial charge in [-0.15, -0.1) is 11.3 Å². The van der Waals surface area contributed by atoms with Crippen LogP contribution >= 0.6 is 27.3 Å². The fourth-order valence-electron chi connectivity index (χ4n) is 2.24. The van der Waals surface area contributed by atoms with Crippen LogP contribution in [0.3, 0.4) is 0 Å². The summed E-state index contributed by atoms with van der Waals surface area (Å²) in [5, 5.41) is 13.0. The highest BCUT2D eigenvalue weighted by molar-refractivity contribution is 9.10. The quantitative estimate of drug-likeness (QED) is 0.754. The van der Waals surface area contributed by atoms with E-state index in [2.05, 4.69) is 21.2 Å². The summed E-state index contributed by atoms with van der Waals surface area (Å²) in [4.78, 5) is 13.0. The molecule has 1 amide bonds. The van der Waals surface area contributed by atoms with Gasteiger partial charge in [0.2, 0.25) is 0 Å². The number of nitrogens with two attached hydrogens (primary N) is 1. The first kappa shape index (κ1) is 16.3. The van der Waals surface area contributed by atoms with Crippen LogP contribution in [-0.2, 0) is 0 Å². The summed E-state index contributed by atoms with van der Waals surface area (Å²) in [6.07, 6.45) is 0.540. The Bertz CT molecular complexity index is 654. The Morgan fingerprint density at radius 2 is 2.19 bits per heavy atom. The molecule has 0 saturated carbocycles. The summed E-state index contributed by atoms with van der Waals surface area (Å²) in [7, 11) is 0. The second-order valence-electron chi connectivity index (χ2n) is 5.29. The fourth-order valence-corrected chi connectivity index (χ4v) is 4.01. The Hall–Kier alpha value is -1.11. The van der Waals surface area contributed by atoms with Gasteiger partial charge in [0.05, 0.1) is 5.69 Å². The molecule has 0 aliphatic carbocycles. The molecule has 2 aromatic rings. The van der Waals surface area contributed by atoms with Crippen molar-refractivity contribution in [2.45, 2.75) is 26.3 Å². The highest BCUT2D eigenvalue weighted by atomic mass is 79.9. The third-order valence-electron chi connectivity index (χ3n) is 3.47. The van der Waals surface area contributed by atoms with Crippen molar-refractivity contribution in [3.05, 3.63) is 27.5 Å². The van der Waals surface area contributed by atoms with Crippen molar-refractivity contribution < 1.29 is 9.90 Å². The smallest absolute Gasteiger partial charge is 0.263 e. The number of aliphatic hydroxyl groups is 1. The first-order valence-corrected chi connectivity index (χ1v) is 8.44. The van der Waals surface area contributed by atoms with Crippen molar-refractivity contribution in [2.24, 2.45) is 5.92 Å². The first-order valence-electron chi connectivity index (χ1n) is 6.84. The lowest BCUT2D eigenvalue weighted by atomic mass is 10.0. The molecular weight excluding hydrogens is 352 g/mol. The van der Waals surface area contributed by atoms with Crippen molar-refractivity contribution in [2.75, 3.05) is 12.3 Å². The summed E-state index contributed by atoms with van der Waals surface area (Å²) in [6.45, 7) is 4.09. The largest absolute Gasteiger partial charge is 0.397 e. The normalized spacial score (nSPS) is 12.8. The molecule has 2 rings (SSSR count). The molecule has 0 aliphatic heterocycles. The van der Waals surface area contributed by atoms with Crippen LogP contribution in [0.25, 0.3) is 10.1 Å². The van der Waals surface area contributed by atoms with Crippen LogP contribution in [-0.4, -0.2) is 23.7 Å². The second-order valence-corrected chi connectivity index (χ2v) is 7.20.